The number of methoxy groups -OCH3 is 1. The monoisotopic (exact) mass is 329 g/mol. The van der Waals surface area contributed by atoms with E-state index in [4.69, 9.17) is 9.47 Å². The number of likely N-dealkylation sites (tertiary alicyclic amines) is 1. The molecule has 1 heterocycles. The van der Waals surface area contributed by atoms with Crippen LogP contribution in [0.4, 0.5) is 0 Å². The number of benzene rings is 1. The van der Waals surface area contributed by atoms with Crippen LogP contribution in [-0.4, -0.2) is 36.4 Å². The first-order valence-electron chi connectivity index (χ1n) is 7.92. The first-order chi connectivity index (χ1) is 11.6. The van der Waals surface area contributed by atoms with Gasteiger partial charge in [0.2, 0.25) is 11.8 Å². The first kappa shape index (κ1) is 16.2. The van der Waals surface area contributed by atoms with Crippen molar-refractivity contribution in [1.82, 2.24) is 4.90 Å². The van der Waals surface area contributed by atoms with E-state index in [0.717, 1.165) is 5.56 Å². The summed E-state index contributed by atoms with van der Waals surface area (Å²) < 4.78 is 10.1. The third-order valence-electron chi connectivity index (χ3n) is 4.46. The maximum Gasteiger partial charge on any atom is 0.334 e. The standard InChI is InChI=1S/C18H19NO5/c1-3-24-18(22)14-9-8-13-15(14)17(21)19(16(13)20)10-11-4-6-12(23-2)7-5-11/h4-7,9,13,15H,3,8,10H2,1-2H3/t13-,15-/m0/s1. The third-order valence-corrected chi connectivity index (χ3v) is 4.46. The number of imide groups is 1. The van der Waals surface area contributed by atoms with E-state index in [-0.39, 0.29) is 25.0 Å². The Morgan fingerprint density at radius 2 is 1.92 bits per heavy atom. The van der Waals surface area contributed by atoms with Crippen LogP contribution in [0, 0.1) is 11.8 Å². The minimum Gasteiger partial charge on any atom is -0.497 e. The zero-order chi connectivity index (χ0) is 17.3. The highest BCUT2D eigenvalue weighted by atomic mass is 16.5. The topological polar surface area (TPSA) is 72.9 Å². The predicted molar refractivity (Wildman–Crippen MR) is 84.9 cm³/mol. The number of esters is 1. The van der Waals surface area contributed by atoms with E-state index in [1.54, 1.807) is 32.2 Å². The molecule has 0 N–H and O–H groups in total. The molecule has 0 radical (unpaired) electrons. The van der Waals surface area contributed by atoms with Gasteiger partial charge >= 0.3 is 5.97 Å². The molecule has 0 saturated carbocycles. The molecule has 1 saturated heterocycles. The Kier molecular flexibility index (Phi) is 4.38. The van der Waals surface area contributed by atoms with Gasteiger partial charge in [0.15, 0.2) is 0 Å². The number of fused-ring (bicyclic) bond motifs is 1. The summed E-state index contributed by atoms with van der Waals surface area (Å²) in [6, 6.07) is 7.20. The molecule has 0 aromatic heterocycles. The van der Waals surface area contributed by atoms with Gasteiger partial charge in [0.05, 0.1) is 32.1 Å². The van der Waals surface area contributed by atoms with Gasteiger partial charge in [-0.3, -0.25) is 14.5 Å². The Morgan fingerprint density at radius 1 is 1.21 bits per heavy atom. The van der Waals surface area contributed by atoms with E-state index in [1.165, 1.54) is 4.90 Å². The molecular weight excluding hydrogens is 310 g/mol. The van der Waals surface area contributed by atoms with Crippen LogP contribution < -0.4 is 4.74 Å². The van der Waals surface area contributed by atoms with Gasteiger partial charge in [-0.05, 0) is 31.0 Å². The second-order valence-electron chi connectivity index (χ2n) is 5.81. The van der Waals surface area contributed by atoms with Crippen molar-refractivity contribution < 1.29 is 23.9 Å². The number of hydrogen-bond acceptors (Lipinski definition) is 5. The molecule has 2 aliphatic rings. The van der Waals surface area contributed by atoms with E-state index in [2.05, 4.69) is 0 Å². The maximum atomic E-state index is 12.7. The lowest BCUT2D eigenvalue weighted by Crippen LogP contribution is -2.31. The van der Waals surface area contributed by atoms with E-state index in [0.29, 0.717) is 17.7 Å². The normalized spacial score (nSPS) is 22.4. The Hall–Kier alpha value is -2.63. The molecule has 1 aliphatic carbocycles. The maximum absolute atomic E-state index is 12.7. The minimum absolute atomic E-state index is 0.199. The van der Waals surface area contributed by atoms with Gasteiger partial charge in [0, 0.05) is 5.57 Å². The number of rotatable bonds is 5. The average molecular weight is 329 g/mol. The van der Waals surface area contributed by atoms with Crippen LogP contribution in [0.2, 0.25) is 0 Å². The second kappa shape index (κ2) is 6.47. The third kappa shape index (κ3) is 2.68. The molecule has 0 spiro atoms. The fourth-order valence-electron chi connectivity index (χ4n) is 3.25. The van der Waals surface area contributed by atoms with Gasteiger partial charge in [0.25, 0.3) is 0 Å². The molecule has 0 unspecified atom stereocenters. The van der Waals surface area contributed by atoms with Crippen molar-refractivity contribution in [3.63, 3.8) is 0 Å². The van der Waals surface area contributed by atoms with Crippen molar-refractivity contribution in [3.8, 4) is 5.75 Å². The molecule has 6 heteroatoms. The summed E-state index contributed by atoms with van der Waals surface area (Å²) in [6.45, 7) is 2.15. The Morgan fingerprint density at radius 3 is 2.54 bits per heavy atom. The largest absolute Gasteiger partial charge is 0.497 e. The van der Waals surface area contributed by atoms with Crippen LogP contribution in [0.25, 0.3) is 0 Å². The summed E-state index contributed by atoms with van der Waals surface area (Å²) in [5, 5.41) is 0. The quantitative estimate of drug-likeness (QED) is 0.607. The zero-order valence-electron chi connectivity index (χ0n) is 13.7. The zero-order valence-corrected chi connectivity index (χ0v) is 13.7. The second-order valence-corrected chi connectivity index (χ2v) is 5.81. The molecule has 1 aliphatic heterocycles. The number of carbonyl (C=O) groups is 3. The lowest BCUT2D eigenvalue weighted by Gasteiger charge is -2.16. The summed E-state index contributed by atoms with van der Waals surface area (Å²) in [5.41, 5.74) is 1.15. The minimum atomic E-state index is -0.699. The SMILES string of the molecule is CCOC(=O)C1=CC[C@@H]2C(=O)N(Cc3ccc(OC)cc3)C(=O)[C@H]12. The number of ether oxygens (including phenoxy) is 2. The Balaban J connectivity index is 1.77. The predicted octanol–water partition coefficient (Wildman–Crippen LogP) is 1.69. The molecule has 2 amide bonds. The summed E-state index contributed by atoms with van der Waals surface area (Å²) in [7, 11) is 1.58. The van der Waals surface area contributed by atoms with Crippen molar-refractivity contribution >= 4 is 17.8 Å². The smallest absolute Gasteiger partial charge is 0.334 e. The summed E-state index contributed by atoms with van der Waals surface area (Å²) in [4.78, 5) is 38.5. The molecule has 1 fully saturated rings. The van der Waals surface area contributed by atoms with Crippen LogP contribution in [-0.2, 0) is 25.7 Å². The number of carbonyl (C=O) groups excluding carboxylic acids is 3. The molecule has 1 aromatic carbocycles. The van der Waals surface area contributed by atoms with Gasteiger partial charge in [-0.15, -0.1) is 0 Å². The van der Waals surface area contributed by atoms with Gasteiger partial charge in [0.1, 0.15) is 5.75 Å². The number of hydrogen-bond donors (Lipinski definition) is 0. The lowest BCUT2D eigenvalue weighted by molar-refractivity contribution is -0.143. The van der Waals surface area contributed by atoms with Crippen molar-refractivity contribution in [2.24, 2.45) is 11.8 Å². The van der Waals surface area contributed by atoms with E-state index >= 15 is 0 Å². The van der Waals surface area contributed by atoms with Gasteiger partial charge in [-0.2, -0.15) is 0 Å². The van der Waals surface area contributed by atoms with E-state index in [1.807, 2.05) is 12.1 Å². The highest BCUT2D eigenvalue weighted by Gasteiger charge is 2.52. The fourth-order valence-corrected chi connectivity index (χ4v) is 3.25. The molecular formula is C18H19NO5. The lowest BCUT2D eigenvalue weighted by atomic mass is 9.94. The van der Waals surface area contributed by atoms with Crippen molar-refractivity contribution in [1.29, 1.82) is 0 Å². The summed E-state index contributed by atoms with van der Waals surface area (Å²) in [6.07, 6.45) is 2.07. The Labute approximate surface area is 140 Å². The van der Waals surface area contributed by atoms with E-state index in [9.17, 15) is 14.4 Å². The van der Waals surface area contributed by atoms with Crippen molar-refractivity contribution in [3.05, 3.63) is 41.5 Å². The summed E-state index contributed by atoms with van der Waals surface area (Å²) in [5.74, 6) is -1.52. The summed E-state index contributed by atoms with van der Waals surface area (Å²) >= 11 is 0. The van der Waals surface area contributed by atoms with Crippen LogP contribution in [0.5, 0.6) is 5.75 Å². The molecule has 0 bridgehead atoms. The van der Waals surface area contributed by atoms with Crippen LogP contribution in [0.3, 0.4) is 0 Å². The average Bonchev–Trinajstić information content (AvgIpc) is 3.12. The molecule has 126 valence electrons. The molecule has 2 atom stereocenters. The van der Waals surface area contributed by atoms with E-state index < -0.39 is 17.8 Å². The van der Waals surface area contributed by atoms with Crippen LogP contribution in [0.1, 0.15) is 18.9 Å². The van der Waals surface area contributed by atoms with Crippen molar-refractivity contribution in [2.45, 2.75) is 19.9 Å². The number of allylic oxidation sites excluding steroid dienone is 1. The molecule has 6 nitrogen and oxygen atoms in total. The first-order valence-corrected chi connectivity index (χ1v) is 7.92. The molecule has 24 heavy (non-hydrogen) atoms. The van der Waals surface area contributed by atoms with Crippen LogP contribution >= 0.6 is 0 Å². The van der Waals surface area contributed by atoms with Gasteiger partial charge in [-0.25, -0.2) is 4.79 Å². The number of nitrogens with zero attached hydrogens (tertiary/aromatic N) is 1. The highest BCUT2D eigenvalue weighted by Crippen LogP contribution is 2.41. The highest BCUT2D eigenvalue weighted by molar-refractivity contribution is 6.11. The Bertz CT molecular complexity index is 707. The van der Waals surface area contributed by atoms with Crippen molar-refractivity contribution in [2.75, 3.05) is 13.7 Å². The number of amides is 2. The van der Waals surface area contributed by atoms with Gasteiger partial charge < -0.3 is 9.47 Å². The van der Waals surface area contributed by atoms with Crippen LogP contribution in [0.15, 0.2) is 35.9 Å². The van der Waals surface area contributed by atoms with Gasteiger partial charge in [-0.1, -0.05) is 18.2 Å². The fraction of sp³-hybridized carbons (Fsp3) is 0.389. The molecule has 3 rings (SSSR count). The molecule has 1 aromatic rings.